The molecule has 3 heteroatoms. The highest BCUT2D eigenvalue weighted by Gasteiger charge is 2.15. The molecule has 0 aromatic heterocycles. The maximum absolute atomic E-state index is 12.0. The Bertz CT molecular complexity index is 169. The summed E-state index contributed by atoms with van der Waals surface area (Å²) in [5, 5.41) is 0. The van der Waals surface area contributed by atoms with E-state index in [1.165, 1.54) is 0 Å². The molecule has 1 atom stereocenters. The van der Waals surface area contributed by atoms with E-state index in [2.05, 4.69) is 0 Å². The van der Waals surface area contributed by atoms with Crippen LogP contribution in [0.15, 0.2) is 17.7 Å². The van der Waals surface area contributed by atoms with E-state index >= 15 is 0 Å². The molecule has 0 nitrogen and oxygen atoms in total. The van der Waals surface area contributed by atoms with E-state index in [1.807, 2.05) is 0 Å². The summed E-state index contributed by atoms with van der Waals surface area (Å²) in [5.41, 5.74) is 0. The zero-order chi connectivity index (χ0) is 6.85. The number of halogens is 3. The molecular weight excluding hydrogens is 129 g/mol. The number of rotatable bonds is 0. The van der Waals surface area contributed by atoms with Gasteiger partial charge in [-0.3, -0.25) is 0 Å². The van der Waals surface area contributed by atoms with Crippen molar-refractivity contribution in [1.82, 2.24) is 0 Å². The Morgan fingerprint density at radius 1 is 1.44 bits per heavy atom. The Kier molecular flexibility index (Phi) is 1.60. The maximum atomic E-state index is 12.0. The molecule has 2 radical (unpaired) electrons. The number of allylic oxidation sites excluding steroid dienone is 4. The largest absolute Gasteiger partial charge is 0.242 e. The summed E-state index contributed by atoms with van der Waals surface area (Å²) in [7, 11) is 0. The van der Waals surface area contributed by atoms with Gasteiger partial charge in [0.25, 0.3) is 0 Å². The highest BCUT2D eigenvalue weighted by Crippen LogP contribution is 2.20. The molecule has 0 amide bonds. The van der Waals surface area contributed by atoms with Gasteiger partial charge < -0.3 is 0 Å². The van der Waals surface area contributed by atoms with Gasteiger partial charge in [0.05, 0.1) is 6.42 Å². The second-order valence-corrected chi connectivity index (χ2v) is 1.58. The van der Waals surface area contributed by atoms with E-state index in [1.54, 1.807) is 6.08 Å². The third-order valence-corrected chi connectivity index (χ3v) is 0.885. The first-order valence-electron chi connectivity index (χ1n) is 2.34. The van der Waals surface area contributed by atoms with Crippen molar-refractivity contribution < 1.29 is 13.2 Å². The Hall–Kier alpha value is -0.730. The first-order chi connectivity index (χ1) is 4.20. The molecule has 0 saturated heterocycles. The van der Waals surface area contributed by atoms with Crippen LogP contribution in [0.2, 0.25) is 0 Å². The average Bonchev–Trinajstić information content (AvgIpc) is 1.80. The van der Waals surface area contributed by atoms with E-state index in [0.29, 0.717) is 6.42 Å². The fraction of sp³-hybridized carbons (Fsp3) is 0.167. The van der Waals surface area contributed by atoms with Crippen LogP contribution in [-0.4, -0.2) is 6.17 Å². The molecule has 0 aromatic carbocycles. The van der Waals surface area contributed by atoms with Gasteiger partial charge in [-0.05, 0) is 6.08 Å². The molecule has 1 aliphatic rings. The van der Waals surface area contributed by atoms with Crippen molar-refractivity contribution in [3.05, 3.63) is 30.2 Å². The summed E-state index contributed by atoms with van der Waals surface area (Å²) in [6, 6.07) is 0. The topological polar surface area (TPSA) is 0 Å². The minimum atomic E-state index is -1.54. The van der Waals surface area contributed by atoms with E-state index in [9.17, 15) is 13.2 Å². The summed E-state index contributed by atoms with van der Waals surface area (Å²) in [6.07, 6.45) is 1.62. The summed E-state index contributed by atoms with van der Waals surface area (Å²) < 4.78 is 35.9. The van der Waals surface area contributed by atoms with E-state index in [0.717, 1.165) is 6.08 Å². The second-order valence-electron chi connectivity index (χ2n) is 1.58. The van der Waals surface area contributed by atoms with Crippen molar-refractivity contribution in [2.75, 3.05) is 0 Å². The van der Waals surface area contributed by atoms with Crippen LogP contribution in [0.1, 0.15) is 0 Å². The number of hydrogen-bond donors (Lipinski definition) is 0. The van der Waals surface area contributed by atoms with Crippen molar-refractivity contribution in [3.63, 3.8) is 0 Å². The minimum Gasteiger partial charge on any atom is -0.242 e. The molecule has 0 fully saturated rings. The molecule has 0 spiro atoms. The van der Waals surface area contributed by atoms with Gasteiger partial charge in [-0.15, -0.1) is 0 Å². The van der Waals surface area contributed by atoms with Gasteiger partial charge in [0.1, 0.15) is 12.0 Å². The molecule has 1 unspecified atom stereocenters. The zero-order valence-electron chi connectivity index (χ0n) is 4.37. The van der Waals surface area contributed by atoms with Gasteiger partial charge in [-0.25, -0.2) is 13.2 Å². The average molecular weight is 132 g/mol. The zero-order valence-corrected chi connectivity index (χ0v) is 4.37. The quantitative estimate of drug-likeness (QED) is 0.473. The van der Waals surface area contributed by atoms with Gasteiger partial charge in [-0.1, -0.05) is 0 Å². The molecule has 1 aliphatic carbocycles. The standard InChI is InChI=1S/C6H3F3/c7-4-1-2-5(8)6(9)3-4/h1,3-4H. The van der Waals surface area contributed by atoms with Crippen LogP contribution in [0.4, 0.5) is 13.2 Å². The molecule has 48 valence electrons. The van der Waals surface area contributed by atoms with Crippen LogP contribution in [0.5, 0.6) is 0 Å². The van der Waals surface area contributed by atoms with Gasteiger partial charge in [0, 0.05) is 6.08 Å². The SMILES string of the molecule is FC1=C(F)[CH]C(F)C=[C]1. The highest BCUT2D eigenvalue weighted by atomic mass is 19.2. The van der Waals surface area contributed by atoms with Gasteiger partial charge in [-0.2, -0.15) is 0 Å². The summed E-state index contributed by atoms with van der Waals surface area (Å²) >= 11 is 0. The van der Waals surface area contributed by atoms with Gasteiger partial charge in [0.15, 0.2) is 5.83 Å². The molecule has 0 saturated carbocycles. The Balaban J connectivity index is 2.75. The minimum absolute atomic E-state index is 0.547. The highest BCUT2D eigenvalue weighted by molar-refractivity contribution is 5.25. The number of alkyl halides is 1. The molecule has 0 N–H and O–H groups in total. The molecule has 1 rings (SSSR count). The third kappa shape index (κ3) is 1.34. The third-order valence-electron chi connectivity index (χ3n) is 0.885. The number of hydrogen-bond acceptors (Lipinski definition) is 0. The van der Waals surface area contributed by atoms with E-state index in [4.69, 9.17) is 0 Å². The molecule has 9 heavy (non-hydrogen) atoms. The lowest BCUT2D eigenvalue weighted by Crippen LogP contribution is -2.01. The van der Waals surface area contributed by atoms with Crippen molar-refractivity contribution in [3.8, 4) is 0 Å². The van der Waals surface area contributed by atoms with E-state index in [-0.39, 0.29) is 0 Å². The monoisotopic (exact) mass is 132 g/mol. The summed E-state index contributed by atoms with van der Waals surface area (Å²) in [4.78, 5) is 0. The summed E-state index contributed by atoms with van der Waals surface area (Å²) in [6.45, 7) is 0. The fourth-order valence-electron chi connectivity index (χ4n) is 0.483. The Labute approximate surface area is 50.7 Å². The Morgan fingerprint density at radius 2 is 2.11 bits per heavy atom. The predicted octanol–water partition coefficient (Wildman–Crippen LogP) is 2.05. The van der Waals surface area contributed by atoms with Crippen LogP contribution in [-0.2, 0) is 0 Å². The van der Waals surface area contributed by atoms with Gasteiger partial charge in [0.2, 0.25) is 0 Å². The van der Waals surface area contributed by atoms with Crippen LogP contribution in [0, 0.1) is 12.5 Å². The van der Waals surface area contributed by atoms with Gasteiger partial charge >= 0.3 is 0 Å². The normalized spacial score (nSPS) is 27.2. The van der Waals surface area contributed by atoms with Crippen LogP contribution in [0.25, 0.3) is 0 Å². The Morgan fingerprint density at radius 3 is 2.56 bits per heavy atom. The molecule has 0 heterocycles. The van der Waals surface area contributed by atoms with Crippen molar-refractivity contribution >= 4 is 0 Å². The second kappa shape index (κ2) is 2.25. The maximum Gasteiger partial charge on any atom is 0.162 e. The van der Waals surface area contributed by atoms with Crippen LogP contribution < -0.4 is 0 Å². The van der Waals surface area contributed by atoms with Crippen LogP contribution in [0.3, 0.4) is 0 Å². The first kappa shape index (κ1) is 6.39. The molecule has 0 aromatic rings. The smallest absolute Gasteiger partial charge is 0.162 e. The lowest BCUT2D eigenvalue weighted by Gasteiger charge is -2.03. The van der Waals surface area contributed by atoms with Crippen molar-refractivity contribution in [2.45, 2.75) is 6.17 Å². The predicted molar refractivity (Wildman–Crippen MR) is 26.3 cm³/mol. The van der Waals surface area contributed by atoms with Crippen molar-refractivity contribution in [2.24, 2.45) is 0 Å². The fourth-order valence-corrected chi connectivity index (χ4v) is 0.483. The first-order valence-corrected chi connectivity index (χ1v) is 2.34. The molecular formula is C6H3F3. The van der Waals surface area contributed by atoms with Crippen LogP contribution >= 0.6 is 0 Å². The lowest BCUT2D eigenvalue weighted by molar-refractivity contribution is 0.415. The van der Waals surface area contributed by atoms with E-state index < -0.39 is 17.8 Å². The summed E-state index contributed by atoms with van der Waals surface area (Å²) in [5.74, 6) is -2.31. The van der Waals surface area contributed by atoms with Crippen molar-refractivity contribution in [1.29, 1.82) is 0 Å². The lowest BCUT2D eigenvalue weighted by atomic mass is 10.1. The molecule has 0 bridgehead atoms. The molecule has 0 aliphatic heterocycles.